The molecule has 1 aliphatic heterocycles. The summed E-state index contributed by atoms with van der Waals surface area (Å²) in [5.74, 6) is 0.345. The van der Waals surface area contributed by atoms with Crippen LogP contribution < -0.4 is 5.56 Å². The summed E-state index contributed by atoms with van der Waals surface area (Å²) in [4.78, 5) is 18.7. The third-order valence-corrected chi connectivity index (χ3v) is 5.11. The summed E-state index contributed by atoms with van der Waals surface area (Å²) in [5, 5.41) is 10.4. The van der Waals surface area contributed by atoms with Crippen molar-refractivity contribution in [2.75, 3.05) is 26.0 Å². The number of aliphatic hydroxyl groups is 1. The highest BCUT2D eigenvalue weighted by Crippen LogP contribution is 2.21. The van der Waals surface area contributed by atoms with Gasteiger partial charge in [-0.3, -0.25) is 9.69 Å². The second-order valence-corrected chi connectivity index (χ2v) is 6.88. The third kappa shape index (κ3) is 3.37. The summed E-state index contributed by atoms with van der Waals surface area (Å²) in [6.07, 6.45) is 4.20. The molecule has 4 nitrogen and oxygen atoms in total. The van der Waals surface area contributed by atoms with Crippen LogP contribution in [0, 0.1) is 5.92 Å². The number of benzene rings is 1. The first-order valence-corrected chi connectivity index (χ1v) is 8.95. The zero-order valence-electron chi connectivity index (χ0n) is 12.8. The molecule has 1 aromatic carbocycles. The second kappa shape index (κ2) is 6.86. The van der Waals surface area contributed by atoms with Crippen LogP contribution in [0.5, 0.6) is 0 Å². The Morgan fingerprint density at radius 1 is 1.41 bits per heavy atom. The molecule has 22 heavy (non-hydrogen) atoms. The standard InChI is InChI=1S/C17H22N2O2S/c1-22-15-5-4-13-7-14(17(21)18-16(13)8-15)10-19-6-2-3-12(9-19)11-20/h4-5,7-8,12,20H,2-3,6,9-11H2,1H3,(H,18,21). The van der Waals surface area contributed by atoms with Crippen LogP contribution in [0.3, 0.4) is 0 Å². The van der Waals surface area contributed by atoms with Gasteiger partial charge in [-0.1, -0.05) is 6.07 Å². The van der Waals surface area contributed by atoms with E-state index in [9.17, 15) is 9.90 Å². The van der Waals surface area contributed by atoms with Gasteiger partial charge in [-0.15, -0.1) is 11.8 Å². The maximum absolute atomic E-state index is 12.3. The highest BCUT2D eigenvalue weighted by molar-refractivity contribution is 7.98. The van der Waals surface area contributed by atoms with E-state index in [1.165, 1.54) is 0 Å². The number of nitrogens with one attached hydrogen (secondary N) is 1. The Kier molecular flexibility index (Phi) is 4.86. The van der Waals surface area contributed by atoms with Crippen LogP contribution in [-0.4, -0.2) is 40.9 Å². The number of hydrogen-bond acceptors (Lipinski definition) is 4. The van der Waals surface area contributed by atoms with Crippen molar-refractivity contribution in [2.24, 2.45) is 5.92 Å². The molecule has 0 saturated carbocycles. The fourth-order valence-electron chi connectivity index (χ4n) is 3.15. The van der Waals surface area contributed by atoms with Crippen LogP contribution in [0.25, 0.3) is 10.9 Å². The van der Waals surface area contributed by atoms with Gasteiger partial charge in [-0.2, -0.15) is 0 Å². The average molecular weight is 318 g/mol. The van der Waals surface area contributed by atoms with Gasteiger partial charge in [-0.25, -0.2) is 0 Å². The van der Waals surface area contributed by atoms with Gasteiger partial charge < -0.3 is 10.1 Å². The van der Waals surface area contributed by atoms with Crippen LogP contribution in [0.1, 0.15) is 18.4 Å². The van der Waals surface area contributed by atoms with Crippen molar-refractivity contribution in [1.29, 1.82) is 0 Å². The summed E-state index contributed by atoms with van der Waals surface area (Å²) in [6.45, 7) is 2.77. The number of H-pyrrole nitrogens is 1. The summed E-state index contributed by atoms with van der Waals surface area (Å²) in [6, 6.07) is 8.17. The normalized spacial score (nSPS) is 19.6. The van der Waals surface area contributed by atoms with E-state index >= 15 is 0 Å². The van der Waals surface area contributed by atoms with Gasteiger partial charge in [-0.05, 0) is 55.1 Å². The topological polar surface area (TPSA) is 56.3 Å². The number of fused-ring (bicyclic) bond motifs is 1. The number of hydrogen-bond donors (Lipinski definition) is 2. The van der Waals surface area contributed by atoms with Crippen molar-refractivity contribution < 1.29 is 5.11 Å². The molecule has 2 heterocycles. The fourth-order valence-corrected chi connectivity index (χ4v) is 3.59. The predicted molar refractivity (Wildman–Crippen MR) is 91.4 cm³/mol. The smallest absolute Gasteiger partial charge is 0.252 e. The molecule has 0 radical (unpaired) electrons. The number of nitrogens with zero attached hydrogens (tertiary/aromatic N) is 1. The van der Waals surface area contributed by atoms with Crippen molar-refractivity contribution in [1.82, 2.24) is 9.88 Å². The molecule has 1 aliphatic rings. The van der Waals surface area contributed by atoms with Gasteiger partial charge in [0.05, 0.1) is 0 Å². The summed E-state index contributed by atoms with van der Waals surface area (Å²) in [7, 11) is 0. The molecule has 1 saturated heterocycles. The lowest BCUT2D eigenvalue weighted by Gasteiger charge is -2.31. The van der Waals surface area contributed by atoms with E-state index < -0.39 is 0 Å². The molecule has 1 atom stereocenters. The molecule has 0 spiro atoms. The second-order valence-electron chi connectivity index (χ2n) is 6.00. The third-order valence-electron chi connectivity index (χ3n) is 4.39. The summed E-state index contributed by atoms with van der Waals surface area (Å²) in [5.41, 5.74) is 1.70. The maximum atomic E-state index is 12.3. The van der Waals surface area contributed by atoms with E-state index in [1.54, 1.807) is 11.8 Å². The lowest BCUT2D eigenvalue weighted by molar-refractivity contribution is 0.115. The molecule has 5 heteroatoms. The largest absolute Gasteiger partial charge is 0.396 e. The number of aromatic amines is 1. The minimum absolute atomic E-state index is 0.00289. The van der Waals surface area contributed by atoms with Gasteiger partial charge in [0.1, 0.15) is 0 Å². The molecule has 2 N–H and O–H groups in total. The molecule has 0 bridgehead atoms. The monoisotopic (exact) mass is 318 g/mol. The van der Waals surface area contributed by atoms with E-state index in [2.05, 4.69) is 22.0 Å². The lowest BCUT2D eigenvalue weighted by atomic mass is 9.98. The Labute approximate surface area is 134 Å². The Balaban J connectivity index is 1.84. The van der Waals surface area contributed by atoms with Crippen molar-refractivity contribution in [2.45, 2.75) is 24.3 Å². The van der Waals surface area contributed by atoms with Crippen LogP contribution in [0.4, 0.5) is 0 Å². The first-order chi connectivity index (χ1) is 10.7. The molecule has 1 unspecified atom stereocenters. The molecule has 1 fully saturated rings. The number of likely N-dealkylation sites (tertiary alicyclic amines) is 1. The number of piperidine rings is 1. The lowest BCUT2D eigenvalue weighted by Crippen LogP contribution is -2.37. The number of thioether (sulfide) groups is 1. The molecule has 3 rings (SSSR count). The van der Waals surface area contributed by atoms with E-state index in [-0.39, 0.29) is 12.2 Å². The summed E-state index contributed by atoms with van der Waals surface area (Å²) >= 11 is 1.67. The minimum atomic E-state index is -0.00289. The van der Waals surface area contributed by atoms with Gasteiger partial charge in [0.25, 0.3) is 5.56 Å². The maximum Gasteiger partial charge on any atom is 0.252 e. The zero-order chi connectivity index (χ0) is 15.5. The first-order valence-electron chi connectivity index (χ1n) is 7.73. The van der Waals surface area contributed by atoms with Crippen LogP contribution in [0.2, 0.25) is 0 Å². The average Bonchev–Trinajstić information content (AvgIpc) is 2.55. The SMILES string of the molecule is CSc1ccc2cc(CN3CCCC(CO)C3)c(=O)[nH]c2c1. The first kappa shape index (κ1) is 15.6. The molecule has 2 aromatic rings. The number of pyridine rings is 1. The van der Waals surface area contributed by atoms with E-state index in [0.29, 0.717) is 12.5 Å². The Morgan fingerprint density at radius 3 is 3.05 bits per heavy atom. The molecule has 0 amide bonds. The van der Waals surface area contributed by atoms with Crippen LogP contribution >= 0.6 is 11.8 Å². The van der Waals surface area contributed by atoms with E-state index in [4.69, 9.17) is 0 Å². The van der Waals surface area contributed by atoms with Crippen molar-refractivity contribution in [3.63, 3.8) is 0 Å². The van der Waals surface area contributed by atoms with Crippen molar-refractivity contribution in [3.8, 4) is 0 Å². The van der Waals surface area contributed by atoms with E-state index in [1.807, 2.05) is 18.4 Å². The summed E-state index contributed by atoms with van der Waals surface area (Å²) < 4.78 is 0. The quantitative estimate of drug-likeness (QED) is 0.850. The number of aliphatic hydroxyl groups excluding tert-OH is 1. The molecule has 0 aliphatic carbocycles. The number of aromatic nitrogens is 1. The highest BCUT2D eigenvalue weighted by atomic mass is 32.2. The minimum Gasteiger partial charge on any atom is -0.396 e. The molecule has 118 valence electrons. The Hall–Kier alpha value is -1.30. The molecular weight excluding hydrogens is 296 g/mol. The predicted octanol–water partition coefficient (Wildman–Crippen LogP) is 2.45. The highest BCUT2D eigenvalue weighted by Gasteiger charge is 2.20. The molecular formula is C17H22N2O2S. The zero-order valence-corrected chi connectivity index (χ0v) is 13.7. The van der Waals surface area contributed by atoms with Gasteiger partial charge in [0.15, 0.2) is 0 Å². The van der Waals surface area contributed by atoms with Gasteiger partial charge in [0, 0.05) is 35.7 Å². The van der Waals surface area contributed by atoms with Crippen LogP contribution in [-0.2, 0) is 6.54 Å². The number of rotatable bonds is 4. The molecule has 1 aromatic heterocycles. The van der Waals surface area contributed by atoms with Crippen molar-refractivity contribution >= 4 is 22.7 Å². The van der Waals surface area contributed by atoms with Crippen LogP contribution in [0.15, 0.2) is 34.0 Å². The van der Waals surface area contributed by atoms with E-state index in [0.717, 1.165) is 47.3 Å². The van der Waals surface area contributed by atoms with Gasteiger partial charge in [0.2, 0.25) is 0 Å². The van der Waals surface area contributed by atoms with Gasteiger partial charge >= 0.3 is 0 Å². The van der Waals surface area contributed by atoms with Crippen molar-refractivity contribution in [3.05, 3.63) is 40.2 Å². The Bertz CT molecular complexity index is 713. The fraction of sp³-hybridized carbons (Fsp3) is 0.471. The Morgan fingerprint density at radius 2 is 2.27 bits per heavy atom.